The number of nitrogens with zero attached hydrogens (tertiary/aromatic N) is 9. The van der Waals surface area contributed by atoms with Crippen LogP contribution in [-0.2, 0) is 30.4 Å². The predicted molar refractivity (Wildman–Crippen MR) is 287 cm³/mol. The Hall–Kier alpha value is -6.98. The molecule has 5 N–H and O–H groups in total. The van der Waals surface area contributed by atoms with Crippen LogP contribution in [0.4, 0.5) is 10.8 Å². The van der Waals surface area contributed by atoms with Gasteiger partial charge in [-0.05, 0) is 120 Å². The summed E-state index contributed by atoms with van der Waals surface area (Å²) in [5.41, 5.74) is 6.81. The molecule has 4 aliphatic rings. The summed E-state index contributed by atoms with van der Waals surface area (Å²) < 4.78 is 1.77. The average molecular weight is 1040 g/mol. The number of fused-ring (bicyclic) bond motifs is 2. The molecule has 6 heterocycles. The lowest BCUT2D eigenvalue weighted by Crippen LogP contribution is -2.58. The highest BCUT2D eigenvalue weighted by molar-refractivity contribution is 7.18. The van der Waals surface area contributed by atoms with Gasteiger partial charge in [0, 0.05) is 69.5 Å². The van der Waals surface area contributed by atoms with Crippen LogP contribution >= 0.6 is 11.3 Å². The van der Waals surface area contributed by atoms with Crippen molar-refractivity contribution in [2.24, 2.45) is 5.92 Å². The number of rotatable bonds is 18. The minimum absolute atomic E-state index is 0.0446. The SMILES string of the molecule is CN[C@@H](C)C(=O)N[C@H](C(=O)N1C[C@@H](NC(=O)CCCCC(=O)N2CCN(c3nnc(-c4cnc(-c5ccc6cc(C#N)cnn56)cc4NC(C)C)s3)CC2)C[C@H]1C(=O)N[C@@H]1CCCc2ccccc21)C1CCCCC1. The molecule has 5 atom stereocenters. The second-order valence-electron chi connectivity index (χ2n) is 20.8. The number of carbonyl (C=O) groups is 5. The van der Waals surface area contributed by atoms with E-state index in [0.29, 0.717) is 51.0 Å². The van der Waals surface area contributed by atoms with Crippen LogP contribution in [0.15, 0.2) is 60.9 Å². The first-order chi connectivity index (χ1) is 36.4. The summed E-state index contributed by atoms with van der Waals surface area (Å²) in [5.74, 6) is -0.987. The Bertz CT molecular complexity index is 2900. The van der Waals surface area contributed by atoms with Crippen molar-refractivity contribution in [2.75, 3.05) is 50.0 Å². The summed E-state index contributed by atoms with van der Waals surface area (Å²) in [6.07, 6.45) is 12.5. The number of pyridine rings is 1. The van der Waals surface area contributed by atoms with Crippen molar-refractivity contribution in [2.45, 2.75) is 140 Å². The Kier molecular flexibility index (Phi) is 17.0. The summed E-state index contributed by atoms with van der Waals surface area (Å²) in [6.45, 7) is 8.35. The number of nitriles is 1. The number of anilines is 2. The fourth-order valence-electron chi connectivity index (χ4n) is 11.1. The van der Waals surface area contributed by atoms with Crippen LogP contribution in [0, 0.1) is 17.2 Å². The van der Waals surface area contributed by atoms with E-state index in [1.54, 1.807) is 41.8 Å². The fourth-order valence-corrected chi connectivity index (χ4v) is 12.0. The molecule has 0 bridgehead atoms. The number of piperazine rings is 1. The predicted octanol–water partition coefficient (Wildman–Crippen LogP) is 5.77. The molecular weight excluding hydrogens is 969 g/mol. The molecule has 2 saturated heterocycles. The molecule has 1 saturated carbocycles. The van der Waals surface area contributed by atoms with Gasteiger partial charge in [0.2, 0.25) is 34.7 Å². The number of amides is 5. The van der Waals surface area contributed by atoms with Crippen molar-refractivity contribution >= 4 is 57.2 Å². The molecule has 3 fully saturated rings. The van der Waals surface area contributed by atoms with Crippen molar-refractivity contribution in [1.29, 1.82) is 5.26 Å². The highest BCUT2D eigenvalue weighted by Crippen LogP contribution is 2.37. The van der Waals surface area contributed by atoms with E-state index in [1.165, 1.54) is 16.9 Å². The molecule has 20 heteroatoms. The van der Waals surface area contributed by atoms with Gasteiger partial charge in [-0.1, -0.05) is 54.9 Å². The molecule has 2 aliphatic heterocycles. The van der Waals surface area contributed by atoms with E-state index in [1.807, 2.05) is 35.2 Å². The maximum atomic E-state index is 14.7. The number of hydrogen-bond donors (Lipinski definition) is 5. The van der Waals surface area contributed by atoms with Gasteiger partial charge in [0.1, 0.15) is 18.2 Å². The van der Waals surface area contributed by atoms with Crippen molar-refractivity contribution in [3.05, 3.63) is 77.6 Å². The largest absolute Gasteiger partial charge is 0.382 e. The van der Waals surface area contributed by atoms with E-state index in [-0.39, 0.29) is 66.9 Å². The van der Waals surface area contributed by atoms with Crippen molar-refractivity contribution in [3.63, 3.8) is 0 Å². The molecule has 4 aromatic heterocycles. The molecule has 5 amide bonds. The number of aryl methyl sites for hydroxylation is 1. The Morgan fingerprint density at radius 2 is 1.67 bits per heavy atom. The summed E-state index contributed by atoms with van der Waals surface area (Å²) in [6, 6.07) is 15.3. The zero-order valence-electron chi connectivity index (χ0n) is 43.5. The second-order valence-corrected chi connectivity index (χ2v) is 21.8. The minimum atomic E-state index is -0.819. The summed E-state index contributed by atoms with van der Waals surface area (Å²) >= 11 is 1.48. The maximum Gasteiger partial charge on any atom is 0.246 e. The molecule has 0 unspecified atom stereocenters. The molecule has 5 aromatic rings. The lowest BCUT2D eigenvalue weighted by atomic mass is 9.83. The van der Waals surface area contributed by atoms with Gasteiger partial charge in [-0.25, -0.2) is 4.52 Å². The second kappa shape index (κ2) is 24.1. The molecule has 9 rings (SSSR count). The van der Waals surface area contributed by atoms with Gasteiger partial charge in [0.15, 0.2) is 5.01 Å². The topological polar surface area (TPSA) is 235 Å². The number of unbranched alkanes of at least 4 members (excludes halogenated alkanes) is 1. The lowest BCUT2D eigenvalue weighted by molar-refractivity contribution is -0.143. The van der Waals surface area contributed by atoms with Crippen molar-refractivity contribution in [1.82, 2.24) is 55.9 Å². The van der Waals surface area contributed by atoms with E-state index in [9.17, 15) is 29.2 Å². The van der Waals surface area contributed by atoms with E-state index in [0.717, 1.165) is 95.2 Å². The van der Waals surface area contributed by atoms with Gasteiger partial charge >= 0.3 is 0 Å². The van der Waals surface area contributed by atoms with Crippen LogP contribution in [0.5, 0.6) is 0 Å². The highest BCUT2D eigenvalue weighted by atomic mass is 32.1. The highest BCUT2D eigenvalue weighted by Gasteiger charge is 2.45. The standard InChI is InChI=1S/C55H70N14O5S/c1-34(2)60-44-29-45(46-22-21-40-27-36(30-56)31-59-69(40)46)58-32-42(44)53-64-65-55(75-53)67-25-23-66(24-26-67)49(71)20-11-10-19-48(70)61-39-28-47(52(73)62-43-18-12-16-37-13-8-9-17-41(37)43)68(33-39)54(74)50(38-14-6-5-7-15-38)63-51(72)35(3)57-4/h8-9,13,17,21-22,27,29,31-32,34-35,38-39,43,47,50,57H,5-7,10-12,14-16,18-20,23-26,28,33H2,1-4H3,(H,58,60)(H,61,70)(H,62,73)(H,63,72)/t35-,39-,43+,47-,50-/m0/s1. The normalized spacial score (nSPS) is 19.8. The average Bonchev–Trinajstić information content (AvgIpc) is 4.21. The fraction of sp³-hybridized carbons (Fsp3) is 0.527. The van der Waals surface area contributed by atoms with E-state index in [2.05, 4.69) is 78.8 Å². The molecular formula is C55H70N14O5S. The Balaban J connectivity index is 0.772. The van der Waals surface area contributed by atoms with E-state index in [4.69, 9.17) is 4.98 Å². The zero-order valence-corrected chi connectivity index (χ0v) is 44.3. The molecule has 75 heavy (non-hydrogen) atoms. The molecule has 19 nitrogen and oxygen atoms in total. The molecule has 396 valence electrons. The van der Waals surface area contributed by atoms with Crippen LogP contribution < -0.4 is 31.5 Å². The zero-order chi connectivity index (χ0) is 52.6. The Morgan fingerprint density at radius 3 is 2.44 bits per heavy atom. The number of carbonyl (C=O) groups excluding carboxylic acids is 5. The summed E-state index contributed by atoms with van der Waals surface area (Å²) in [7, 11) is 1.71. The van der Waals surface area contributed by atoms with Crippen LogP contribution in [0.1, 0.15) is 121 Å². The maximum absolute atomic E-state index is 14.7. The van der Waals surface area contributed by atoms with Crippen LogP contribution in [0.3, 0.4) is 0 Å². The molecule has 0 spiro atoms. The quantitative estimate of drug-likeness (QED) is 0.0657. The first-order valence-electron chi connectivity index (χ1n) is 26.8. The number of aromatic nitrogens is 5. The van der Waals surface area contributed by atoms with Gasteiger partial charge in [0.25, 0.3) is 0 Å². The van der Waals surface area contributed by atoms with E-state index < -0.39 is 24.2 Å². The number of likely N-dealkylation sites (N-methyl/N-ethyl adjacent to an activating group) is 1. The monoisotopic (exact) mass is 1040 g/mol. The molecule has 1 aromatic carbocycles. The number of hydrogen-bond acceptors (Lipinski definition) is 14. The first-order valence-corrected chi connectivity index (χ1v) is 27.7. The number of likely N-dealkylation sites (tertiary alicyclic amines) is 1. The van der Waals surface area contributed by atoms with Crippen molar-refractivity contribution < 1.29 is 24.0 Å². The first kappa shape index (κ1) is 52.9. The molecule has 0 radical (unpaired) electrons. The summed E-state index contributed by atoms with van der Waals surface area (Å²) in [4.78, 5) is 79.8. The van der Waals surface area contributed by atoms with Crippen molar-refractivity contribution in [3.8, 4) is 28.0 Å². The van der Waals surface area contributed by atoms with E-state index >= 15 is 0 Å². The third-order valence-electron chi connectivity index (χ3n) is 15.3. The van der Waals surface area contributed by atoms with Gasteiger partial charge < -0.3 is 41.3 Å². The van der Waals surface area contributed by atoms with Crippen LogP contribution in [-0.4, -0.2) is 134 Å². The Morgan fingerprint density at radius 1 is 0.880 bits per heavy atom. The summed E-state index contributed by atoms with van der Waals surface area (Å²) in [5, 5.41) is 40.4. The van der Waals surface area contributed by atoms with Gasteiger partial charge in [0.05, 0.1) is 46.3 Å². The number of nitrogens with one attached hydrogen (secondary N) is 5. The molecule has 2 aliphatic carbocycles. The van der Waals surface area contributed by atoms with Gasteiger partial charge in [-0.15, -0.1) is 10.2 Å². The Labute approximate surface area is 442 Å². The van der Waals surface area contributed by atoms with Gasteiger partial charge in [-0.3, -0.25) is 29.0 Å². The smallest absolute Gasteiger partial charge is 0.246 e. The van der Waals surface area contributed by atoms with Crippen LogP contribution in [0.2, 0.25) is 0 Å². The third-order valence-corrected chi connectivity index (χ3v) is 16.3. The third kappa shape index (κ3) is 12.4. The van der Waals surface area contributed by atoms with Crippen LogP contribution in [0.25, 0.3) is 27.5 Å². The number of benzene rings is 1. The lowest BCUT2D eigenvalue weighted by Gasteiger charge is -2.35. The van der Waals surface area contributed by atoms with Gasteiger partial charge in [-0.2, -0.15) is 10.4 Å². The minimum Gasteiger partial charge on any atom is -0.382 e.